The Morgan fingerprint density at radius 3 is 2.62 bits per heavy atom. The molecule has 34 heavy (non-hydrogen) atoms. The topological polar surface area (TPSA) is 89.5 Å². The molecule has 9 heteroatoms. The number of carbonyl (C=O) groups excluding carboxylic acids is 1. The number of halogens is 1. The van der Waals surface area contributed by atoms with Crippen LogP contribution in [0.3, 0.4) is 0 Å². The number of nitrogens with zero attached hydrogens (tertiary/aromatic N) is 4. The zero-order chi connectivity index (χ0) is 24.5. The van der Waals surface area contributed by atoms with E-state index >= 15 is 0 Å². The summed E-state index contributed by atoms with van der Waals surface area (Å²) in [6.07, 6.45) is 1.29. The van der Waals surface area contributed by atoms with Gasteiger partial charge in [0, 0.05) is 24.7 Å². The average Bonchev–Trinajstić information content (AvgIpc) is 2.75. The molecule has 4 heterocycles. The van der Waals surface area contributed by atoms with E-state index in [1.54, 1.807) is 39.1 Å². The van der Waals surface area contributed by atoms with Gasteiger partial charge in [-0.05, 0) is 65.0 Å². The second kappa shape index (κ2) is 9.50. The Bertz CT molecular complexity index is 1190. The van der Waals surface area contributed by atoms with Gasteiger partial charge in [0.15, 0.2) is 0 Å². The highest BCUT2D eigenvalue weighted by Gasteiger charge is 2.25. The maximum absolute atomic E-state index is 14.2. The van der Waals surface area contributed by atoms with Gasteiger partial charge < -0.3 is 19.7 Å². The molecule has 0 radical (unpaired) electrons. The molecule has 0 saturated carbocycles. The molecule has 1 amide bonds. The second-order valence-electron chi connectivity index (χ2n) is 9.58. The molecule has 4 rings (SSSR count). The van der Waals surface area contributed by atoms with Crippen LogP contribution in [0.15, 0.2) is 36.5 Å². The van der Waals surface area contributed by atoms with Gasteiger partial charge >= 0.3 is 6.09 Å². The van der Waals surface area contributed by atoms with Crippen molar-refractivity contribution in [3.8, 4) is 11.4 Å². The van der Waals surface area contributed by atoms with Gasteiger partial charge in [0.05, 0.1) is 41.3 Å². The predicted octanol–water partition coefficient (Wildman–Crippen LogP) is 4.47. The molecule has 0 aromatic carbocycles. The smallest absolute Gasteiger partial charge is 0.407 e. The van der Waals surface area contributed by atoms with Gasteiger partial charge in [-0.1, -0.05) is 0 Å². The zero-order valence-electron chi connectivity index (χ0n) is 20.1. The van der Waals surface area contributed by atoms with E-state index in [2.05, 4.69) is 20.2 Å². The molecule has 1 fully saturated rings. The lowest BCUT2D eigenvalue weighted by Crippen LogP contribution is -2.45. The van der Waals surface area contributed by atoms with Gasteiger partial charge in [-0.3, -0.25) is 4.98 Å². The van der Waals surface area contributed by atoms with Crippen LogP contribution in [0.2, 0.25) is 0 Å². The first kappa shape index (κ1) is 23.8. The Balaban J connectivity index is 1.62. The number of aromatic nitrogens is 3. The maximum Gasteiger partial charge on any atom is 0.407 e. The number of hydrogen-bond acceptors (Lipinski definition) is 7. The van der Waals surface area contributed by atoms with E-state index in [-0.39, 0.29) is 18.8 Å². The normalized spacial score (nSPS) is 18.7. The molecular weight excluding hydrogens is 437 g/mol. The Kier molecular flexibility index (Phi) is 6.65. The summed E-state index contributed by atoms with van der Waals surface area (Å²) in [5.74, 6) is -0.563. The van der Waals surface area contributed by atoms with Gasteiger partial charge in [-0.15, -0.1) is 0 Å². The molecule has 3 aromatic heterocycles. The minimum atomic E-state index is -0.580. The minimum absolute atomic E-state index is 0.0531. The molecule has 2 atom stereocenters. The highest BCUT2D eigenvalue weighted by Crippen LogP contribution is 2.31. The lowest BCUT2D eigenvalue weighted by molar-refractivity contribution is -0.00520. The second-order valence-corrected chi connectivity index (χ2v) is 9.58. The number of carbonyl (C=O) groups is 1. The molecule has 0 unspecified atom stereocenters. The average molecular weight is 468 g/mol. The van der Waals surface area contributed by atoms with E-state index in [0.717, 1.165) is 11.1 Å². The quantitative estimate of drug-likeness (QED) is 0.566. The Hall–Kier alpha value is -3.33. The van der Waals surface area contributed by atoms with Crippen molar-refractivity contribution >= 4 is 22.7 Å². The van der Waals surface area contributed by atoms with Crippen LogP contribution in [-0.4, -0.2) is 51.9 Å². The molecule has 8 nitrogen and oxygen atoms in total. The minimum Gasteiger partial charge on any atom is -0.444 e. The van der Waals surface area contributed by atoms with Crippen molar-refractivity contribution in [1.29, 1.82) is 0 Å². The molecule has 180 valence electrons. The van der Waals surface area contributed by atoms with Gasteiger partial charge in [0.25, 0.3) is 0 Å². The van der Waals surface area contributed by atoms with Gasteiger partial charge in [0.1, 0.15) is 11.3 Å². The van der Waals surface area contributed by atoms with Crippen molar-refractivity contribution in [2.45, 2.75) is 59.0 Å². The highest BCUT2D eigenvalue weighted by molar-refractivity contribution is 5.83. The van der Waals surface area contributed by atoms with Crippen molar-refractivity contribution < 1.29 is 18.7 Å². The number of amides is 1. The van der Waals surface area contributed by atoms with Crippen molar-refractivity contribution in [2.24, 2.45) is 0 Å². The molecule has 0 aliphatic carbocycles. The third kappa shape index (κ3) is 5.77. The Morgan fingerprint density at radius 1 is 1.18 bits per heavy atom. The lowest BCUT2D eigenvalue weighted by atomic mass is 10.1. The van der Waals surface area contributed by atoms with E-state index in [1.165, 1.54) is 6.07 Å². The fraction of sp³-hybridized carbons (Fsp3) is 0.440. The first-order chi connectivity index (χ1) is 16.1. The van der Waals surface area contributed by atoms with Crippen LogP contribution in [0.5, 0.6) is 0 Å². The van der Waals surface area contributed by atoms with Crippen LogP contribution >= 0.6 is 0 Å². The predicted molar refractivity (Wildman–Crippen MR) is 128 cm³/mol. The first-order valence-electron chi connectivity index (χ1n) is 11.4. The standard InChI is InChI=1S/C25H30FN5O3/c1-15-13-31(14-16(2)33-15)21-8-9-22(26)30-23(21)19-7-6-17-11-27-18(10-20(17)29-19)12-28-24(32)34-25(3,4)5/h6-11,15-16H,12-14H2,1-5H3,(H,28,32)/t15-,16+. The molecule has 1 aliphatic rings. The number of morpholine rings is 1. The summed E-state index contributed by atoms with van der Waals surface area (Å²) in [6, 6.07) is 8.62. The number of rotatable bonds is 4. The van der Waals surface area contributed by atoms with Gasteiger partial charge in [0.2, 0.25) is 5.95 Å². The third-order valence-electron chi connectivity index (χ3n) is 5.29. The van der Waals surface area contributed by atoms with E-state index in [4.69, 9.17) is 14.5 Å². The maximum atomic E-state index is 14.2. The molecule has 1 aliphatic heterocycles. The summed E-state index contributed by atoms with van der Waals surface area (Å²) in [7, 11) is 0. The Labute approximate surface area is 198 Å². The molecular formula is C25H30FN5O3. The number of hydrogen-bond donors (Lipinski definition) is 1. The van der Waals surface area contributed by atoms with Crippen LogP contribution in [0.1, 0.15) is 40.3 Å². The molecule has 0 bridgehead atoms. The number of ether oxygens (including phenoxy) is 2. The van der Waals surface area contributed by atoms with Crippen molar-refractivity contribution in [2.75, 3.05) is 18.0 Å². The fourth-order valence-electron chi connectivity index (χ4n) is 4.01. The van der Waals surface area contributed by atoms with Gasteiger partial charge in [-0.25, -0.2) is 14.8 Å². The summed E-state index contributed by atoms with van der Waals surface area (Å²) in [4.78, 5) is 27.5. The molecule has 1 N–H and O–H groups in total. The monoisotopic (exact) mass is 467 g/mol. The van der Waals surface area contributed by atoms with Crippen molar-refractivity contribution in [3.63, 3.8) is 0 Å². The fourth-order valence-corrected chi connectivity index (χ4v) is 4.01. The zero-order valence-corrected chi connectivity index (χ0v) is 20.1. The largest absolute Gasteiger partial charge is 0.444 e. The van der Waals surface area contributed by atoms with Crippen LogP contribution < -0.4 is 10.2 Å². The van der Waals surface area contributed by atoms with E-state index in [9.17, 15) is 9.18 Å². The summed E-state index contributed by atoms with van der Waals surface area (Å²) in [5, 5.41) is 3.53. The summed E-state index contributed by atoms with van der Waals surface area (Å²) < 4.78 is 25.3. The van der Waals surface area contributed by atoms with Crippen LogP contribution in [-0.2, 0) is 16.0 Å². The third-order valence-corrected chi connectivity index (χ3v) is 5.29. The van der Waals surface area contributed by atoms with E-state index in [0.29, 0.717) is 35.7 Å². The Morgan fingerprint density at radius 2 is 1.91 bits per heavy atom. The first-order valence-corrected chi connectivity index (χ1v) is 11.4. The summed E-state index contributed by atoms with van der Waals surface area (Å²) in [5.41, 5.74) is 2.58. The lowest BCUT2D eigenvalue weighted by Gasteiger charge is -2.37. The van der Waals surface area contributed by atoms with E-state index in [1.807, 2.05) is 26.0 Å². The molecule has 3 aromatic rings. The number of anilines is 1. The highest BCUT2D eigenvalue weighted by atomic mass is 19.1. The summed E-state index contributed by atoms with van der Waals surface area (Å²) in [6.45, 7) is 11.0. The number of fused-ring (bicyclic) bond motifs is 1. The molecule has 0 spiro atoms. The number of pyridine rings is 3. The van der Waals surface area contributed by atoms with Gasteiger partial charge in [-0.2, -0.15) is 4.39 Å². The number of alkyl carbamates (subject to hydrolysis) is 1. The summed E-state index contributed by atoms with van der Waals surface area (Å²) >= 11 is 0. The van der Waals surface area contributed by atoms with E-state index < -0.39 is 17.6 Å². The SMILES string of the molecule is C[C@@H]1CN(c2ccc(F)nc2-c2ccc3cnc(CNC(=O)OC(C)(C)C)cc3n2)C[C@H](C)O1. The van der Waals surface area contributed by atoms with Crippen LogP contribution in [0.25, 0.3) is 22.3 Å². The van der Waals surface area contributed by atoms with Crippen LogP contribution in [0, 0.1) is 5.95 Å². The van der Waals surface area contributed by atoms with Crippen molar-refractivity contribution in [1.82, 2.24) is 20.3 Å². The molecule has 1 saturated heterocycles. The number of nitrogens with one attached hydrogen (secondary N) is 1. The van der Waals surface area contributed by atoms with Crippen molar-refractivity contribution in [3.05, 3.63) is 48.2 Å². The van der Waals surface area contributed by atoms with Crippen LogP contribution in [0.4, 0.5) is 14.9 Å².